The molecule has 0 atom stereocenters. The van der Waals surface area contributed by atoms with E-state index in [9.17, 15) is 0 Å². The first-order valence-electron chi connectivity index (χ1n) is 6.91. The van der Waals surface area contributed by atoms with E-state index in [-0.39, 0.29) is 0 Å². The van der Waals surface area contributed by atoms with E-state index < -0.39 is 0 Å². The summed E-state index contributed by atoms with van der Waals surface area (Å²) in [6.45, 7) is 0. The van der Waals surface area contributed by atoms with Crippen molar-refractivity contribution in [3.05, 3.63) is 77.7 Å². The van der Waals surface area contributed by atoms with Crippen LogP contribution < -0.4 is 5.73 Å². The van der Waals surface area contributed by atoms with Crippen LogP contribution >= 0.6 is 0 Å². The SMILES string of the molecule is N#Cc1cccc(-c2ccnc(Cc3ccc(N)cc3)n2)c1. The van der Waals surface area contributed by atoms with Crippen LogP contribution in [0.1, 0.15) is 17.0 Å². The van der Waals surface area contributed by atoms with Crippen molar-refractivity contribution < 1.29 is 0 Å². The van der Waals surface area contributed by atoms with Crippen LogP contribution in [-0.4, -0.2) is 9.97 Å². The lowest BCUT2D eigenvalue weighted by Gasteiger charge is -2.05. The van der Waals surface area contributed by atoms with Crippen molar-refractivity contribution in [2.75, 3.05) is 5.73 Å². The molecule has 2 aromatic carbocycles. The topological polar surface area (TPSA) is 75.6 Å². The summed E-state index contributed by atoms with van der Waals surface area (Å²) in [6, 6.07) is 19.1. The number of hydrogen-bond donors (Lipinski definition) is 1. The Morgan fingerprint density at radius 2 is 1.86 bits per heavy atom. The normalized spacial score (nSPS) is 10.1. The van der Waals surface area contributed by atoms with Crippen molar-refractivity contribution in [2.45, 2.75) is 6.42 Å². The highest BCUT2D eigenvalue weighted by molar-refractivity contribution is 5.61. The molecule has 1 aromatic heterocycles. The zero-order chi connectivity index (χ0) is 15.4. The van der Waals surface area contributed by atoms with Crippen LogP contribution in [-0.2, 0) is 6.42 Å². The zero-order valence-electron chi connectivity index (χ0n) is 11.9. The zero-order valence-corrected chi connectivity index (χ0v) is 11.9. The van der Waals surface area contributed by atoms with Gasteiger partial charge in [-0.1, -0.05) is 24.3 Å². The molecule has 0 saturated carbocycles. The van der Waals surface area contributed by atoms with E-state index in [2.05, 4.69) is 16.0 Å². The average Bonchev–Trinajstić information content (AvgIpc) is 2.57. The molecule has 0 aliphatic rings. The van der Waals surface area contributed by atoms with Gasteiger partial charge in [0.15, 0.2) is 0 Å². The van der Waals surface area contributed by atoms with Gasteiger partial charge >= 0.3 is 0 Å². The molecular weight excluding hydrogens is 272 g/mol. The van der Waals surface area contributed by atoms with Gasteiger partial charge in [0.05, 0.1) is 17.3 Å². The molecular formula is C18H14N4. The van der Waals surface area contributed by atoms with Gasteiger partial charge in [0, 0.05) is 23.9 Å². The van der Waals surface area contributed by atoms with Gasteiger partial charge in [0.25, 0.3) is 0 Å². The van der Waals surface area contributed by atoms with E-state index in [1.165, 1.54) is 0 Å². The smallest absolute Gasteiger partial charge is 0.133 e. The van der Waals surface area contributed by atoms with Crippen molar-refractivity contribution in [1.29, 1.82) is 5.26 Å². The van der Waals surface area contributed by atoms with Crippen molar-refractivity contribution in [3.8, 4) is 17.3 Å². The Balaban J connectivity index is 1.89. The Bertz CT molecular complexity index is 832. The Kier molecular flexibility index (Phi) is 3.80. The monoisotopic (exact) mass is 286 g/mol. The molecule has 0 unspecified atom stereocenters. The van der Waals surface area contributed by atoms with E-state index in [1.807, 2.05) is 48.5 Å². The van der Waals surface area contributed by atoms with Crippen molar-refractivity contribution in [3.63, 3.8) is 0 Å². The molecule has 0 aliphatic carbocycles. The fraction of sp³-hybridized carbons (Fsp3) is 0.0556. The molecule has 4 nitrogen and oxygen atoms in total. The number of nitrogens with two attached hydrogens (primary N) is 1. The van der Waals surface area contributed by atoms with Crippen LogP contribution in [0.15, 0.2) is 60.8 Å². The number of nitrogen functional groups attached to an aromatic ring is 1. The fourth-order valence-electron chi connectivity index (χ4n) is 2.21. The maximum atomic E-state index is 8.99. The summed E-state index contributed by atoms with van der Waals surface area (Å²) in [5.74, 6) is 0.740. The molecule has 0 aliphatic heterocycles. The molecule has 1 heterocycles. The Hall–Kier alpha value is -3.19. The third kappa shape index (κ3) is 3.10. The second kappa shape index (κ2) is 6.06. The van der Waals surface area contributed by atoms with Gasteiger partial charge in [-0.2, -0.15) is 5.26 Å². The minimum Gasteiger partial charge on any atom is -0.399 e. The van der Waals surface area contributed by atoms with Crippen LogP contribution in [0.4, 0.5) is 5.69 Å². The Labute approximate surface area is 128 Å². The highest BCUT2D eigenvalue weighted by atomic mass is 14.9. The number of aromatic nitrogens is 2. The van der Waals surface area contributed by atoms with E-state index in [0.717, 1.165) is 28.3 Å². The van der Waals surface area contributed by atoms with Crippen LogP contribution in [0, 0.1) is 11.3 Å². The van der Waals surface area contributed by atoms with Crippen LogP contribution in [0.25, 0.3) is 11.3 Å². The largest absolute Gasteiger partial charge is 0.399 e. The molecule has 0 amide bonds. The summed E-state index contributed by atoms with van der Waals surface area (Å²) >= 11 is 0. The molecule has 4 heteroatoms. The second-order valence-electron chi connectivity index (χ2n) is 4.97. The summed E-state index contributed by atoms with van der Waals surface area (Å²) in [6.07, 6.45) is 2.39. The van der Waals surface area contributed by atoms with Gasteiger partial charge in [-0.15, -0.1) is 0 Å². The number of rotatable bonds is 3. The number of benzene rings is 2. The summed E-state index contributed by atoms with van der Waals surface area (Å²) in [7, 11) is 0. The molecule has 0 spiro atoms. The Morgan fingerprint density at radius 3 is 2.64 bits per heavy atom. The minimum atomic E-state index is 0.621. The molecule has 3 rings (SSSR count). The number of nitriles is 1. The third-order valence-corrected chi connectivity index (χ3v) is 3.33. The molecule has 106 valence electrons. The molecule has 0 radical (unpaired) electrons. The van der Waals surface area contributed by atoms with Crippen LogP contribution in [0.2, 0.25) is 0 Å². The van der Waals surface area contributed by atoms with Crippen molar-refractivity contribution in [2.24, 2.45) is 0 Å². The number of anilines is 1. The predicted octanol–water partition coefficient (Wildman–Crippen LogP) is 3.19. The quantitative estimate of drug-likeness (QED) is 0.750. The van der Waals surface area contributed by atoms with Crippen molar-refractivity contribution >= 4 is 5.69 Å². The summed E-state index contributed by atoms with van der Waals surface area (Å²) < 4.78 is 0. The van der Waals surface area contributed by atoms with E-state index >= 15 is 0 Å². The fourth-order valence-corrected chi connectivity index (χ4v) is 2.21. The molecule has 2 N–H and O–H groups in total. The van der Waals surface area contributed by atoms with Crippen LogP contribution in [0.3, 0.4) is 0 Å². The molecule has 3 aromatic rings. The Morgan fingerprint density at radius 1 is 1.05 bits per heavy atom. The first kappa shape index (κ1) is 13.8. The highest BCUT2D eigenvalue weighted by Crippen LogP contribution is 2.18. The maximum absolute atomic E-state index is 8.99. The third-order valence-electron chi connectivity index (χ3n) is 3.33. The van der Waals surface area contributed by atoms with Gasteiger partial charge in [-0.25, -0.2) is 9.97 Å². The molecule has 0 bridgehead atoms. The van der Waals surface area contributed by atoms with Crippen LogP contribution in [0.5, 0.6) is 0 Å². The van der Waals surface area contributed by atoms with E-state index in [4.69, 9.17) is 11.0 Å². The van der Waals surface area contributed by atoms with E-state index in [0.29, 0.717) is 12.0 Å². The second-order valence-corrected chi connectivity index (χ2v) is 4.97. The maximum Gasteiger partial charge on any atom is 0.133 e. The number of nitrogens with zero attached hydrogens (tertiary/aromatic N) is 3. The van der Waals surface area contributed by atoms with Gasteiger partial charge in [0.1, 0.15) is 5.82 Å². The summed E-state index contributed by atoms with van der Waals surface area (Å²) in [5, 5.41) is 8.99. The standard InChI is InChI=1S/C18H14N4/c19-12-14-2-1-3-15(10-14)17-8-9-21-18(22-17)11-13-4-6-16(20)7-5-13/h1-10H,11,20H2. The molecule has 0 saturated heterocycles. The van der Waals surface area contributed by atoms with Crippen molar-refractivity contribution in [1.82, 2.24) is 9.97 Å². The first-order valence-corrected chi connectivity index (χ1v) is 6.91. The van der Waals surface area contributed by atoms with Gasteiger partial charge in [-0.05, 0) is 35.9 Å². The highest BCUT2D eigenvalue weighted by Gasteiger charge is 2.04. The lowest BCUT2D eigenvalue weighted by molar-refractivity contribution is 0.972. The summed E-state index contributed by atoms with van der Waals surface area (Å²) in [4.78, 5) is 8.90. The van der Waals surface area contributed by atoms with E-state index in [1.54, 1.807) is 12.3 Å². The van der Waals surface area contributed by atoms with Gasteiger partial charge in [-0.3, -0.25) is 0 Å². The molecule has 22 heavy (non-hydrogen) atoms. The van der Waals surface area contributed by atoms with Gasteiger partial charge in [0.2, 0.25) is 0 Å². The molecule has 0 fully saturated rings. The predicted molar refractivity (Wildman–Crippen MR) is 85.8 cm³/mol. The first-order chi connectivity index (χ1) is 10.7. The minimum absolute atomic E-state index is 0.621. The summed E-state index contributed by atoms with van der Waals surface area (Å²) in [5.41, 5.74) is 9.90. The lowest BCUT2D eigenvalue weighted by Crippen LogP contribution is -1.98. The van der Waals surface area contributed by atoms with Gasteiger partial charge < -0.3 is 5.73 Å². The average molecular weight is 286 g/mol. The lowest BCUT2D eigenvalue weighted by atomic mass is 10.1. The number of hydrogen-bond acceptors (Lipinski definition) is 4.